The van der Waals surface area contributed by atoms with E-state index in [4.69, 9.17) is 9.02 Å². The Morgan fingerprint density at radius 1 is 1.47 bits per heavy atom. The Hall–Kier alpha value is -1.53. The lowest BCUT2D eigenvalue weighted by atomic mass is 10.2. The molecule has 0 saturated heterocycles. The maximum atomic E-state index is 11.0. The smallest absolute Gasteiger partial charge is 0.306 e. The molecule has 0 aliphatic heterocycles. The fraction of sp³-hybridized carbons (Fsp3) is 0.273. The van der Waals surface area contributed by atoms with E-state index in [-0.39, 0.29) is 5.75 Å². The summed E-state index contributed by atoms with van der Waals surface area (Å²) in [6, 6.07) is 6.56. The molecule has 6 heteroatoms. The van der Waals surface area contributed by atoms with Gasteiger partial charge in [-0.15, -0.1) is 0 Å². The Balaban J connectivity index is 2.82. The van der Waals surface area contributed by atoms with E-state index in [9.17, 15) is 8.42 Å². The first-order valence-electron chi connectivity index (χ1n) is 4.99. The van der Waals surface area contributed by atoms with Crippen molar-refractivity contribution in [2.24, 2.45) is 0 Å². The van der Waals surface area contributed by atoms with Gasteiger partial charge in [0, 0.05) is 5.56 Å². The highest BCUT2D eigenvalue weighted by atomic mass is 32.2. The van der Waals surface area contributed by atoms with Crippen LogP contribution in [0.1, 0.15) is 12.5 Å². The molecule has 5 nitrogen and oxygen atoms in total. The molecule has 1 aromatic carbocycles. The van der Waals surface area contributed by atoms with Gasteiger partial charge in [0.2, 0.25) is 0 Å². The lowest BCUT2D eigenvalue weighted by Crippen LogP contribution is -2.12. The van der Waals surface area contributed by atoms with Crippen molar-refractivity contribution in [3.05, 3.63) is 36.4 Å². The largest absolute Gasteiger partial charge is 0.383 e. The summed E-state index contributed by atoms with van der Waals surface area (Å²) in [5.41, 5.74) is 3.87. The SMILES string of the molecule is C=C(NOCC)c1cccc(OS(C)(=O)=O)c1. The normalized spacial score (nSPS) is 10.9. The first-order valence-corrected chi connectivity index (χ1v) is 6.80. The number of benzene rings is 1. The third kappa shape index (κ3) is 4.88. The Labute approximate surface area is 101 Å². The van der Waals surface area contributed by atoms with Crippen LogP contribution >= 0.6 is 0 Å². The summed E-state index contributed by atoms with van der Waals surface area (Å²) >= 11 is 0. The van der Waals surface area contributed by atoms with Crippen LogP contribution in [0.3, 0.4) is 0 Å². The van der Waals surface area contributed by atoms with Crippen LogP contribution in [-0.4, -0.2) is 21.3 Å². The molecule has 0 bridgehead atoms. The molecule has 0 radical (unpaired) electrons. The second kappa shape index (κ2) is 5.70. The Morgan fingerprint density at radius 3 is 2.76 bits per heavy atom. The van der Waals surface area contributed by atoms with Gasteiger partial charge in [-0.05, 0) is 19.1 Å². The van der Waals surface area contributed by atoms with E-state index in [2.05, 4.69) is 12.1 Å². The van der Waals surface area contributed by atoms with Crippen molar-refractivity contribution in [1.82, 2.24) is 5.48 Å². The Bertz CT molecular complexity index is 496. The van der Waals surface area contributed by atoms with Crippen molar-refractivity contribution in [2.45, 2.75) is 6.92 Å². The van der Waals surface area contributed by atoms with Crippen LogP contribution in [0.2, 0.25) is 0 Å². The van der Waals surface area contributed by atoms with Gasteiger partial charge in [-0.25, -0.2) is 0 Å². The molecule has 0 aromatic heterocycles. The van der Waals surface area contributed by atoms with E-state index in [1.54, 1.807) is 24.3 Å². The molecule has 17 heavy (non-hydrogen) atoms. The summed E-state index contributed by atoms with van der Waals surface area (Å²) in [5.74, 6) is 0.240. The minimum Gasteiger partial charge on any atom is -0.383 e. The van der Waals surface area contributed by atoms with E-state index in [0.29, 0.717) is 17.9 Å². The summed E-state index contributed by atoms with van der Waals surface area (Å²) in [4.78, 5) is 4.98. The average Bonchev–Trinajstić information content (AvgIpc) is 2.24. The van der Waals surface area contributed by atoms with E-state index in [0.717, 1.165) is 6.26 Å². The number of hydrogen-bond donors (Lipinski definition) is 1. The Morgan fingerprint density at radius 2 is 2.18 bits per heavy atom. The van der Waals surface area contributed by atoms with Gasteiger partial charge < -0.3 is 4.18 Å². The molecule has 0 fully saturated rings. The summed E-state index contributed by atoms with van der Waals surface area (Å²) in [5, 5.41) is 0. The average molecular weight is 257 g/mol. The predicted octanol–water partition coefficient (Wildman–Crippen LogP) is 1.54. The maximum absolute atomic E-state index is 11.0. The zero-order chi connectivity index (χ0) is 12.9. The number of hydroxylamine groups is 1. The van der Waals surface area contributed by atoms with Gasteiger partial charge in [0.1, 0.15) is 5.75 Å². The molecular formula is C11H15NO4S. The standard InChI is InChI=1S/C11H15NO4S/c1-4-15-12-9(2)10-6-5-7-11(8-10)16-17(3,13)14/h5-8,12H,2,4H2,1,3H3. The zero-order valence-electron chi connectivity index (χ0n) is 9.76. The monoisotopic (exact) mass is 257 g/mol. The fourth-order valence-corrected chi connectivity index (χ4v) is 1.58. The predicted molar refractivity (Wildman–Crippen MR) is 65.7 cm³/mol. The summed E-state index contributed by atoms with van der Waals surface area (Å²) in [7, 11) is -3.52. The molecule has 0 atom stereocenters. The topological polar surface area (TPSA) is 64.6 Å². The van der Waals surface area contributed by atoms with Crippen LogP contribution in [0.15, 0.2) is 30.8 Å². The van der Waals surface area contributed by atoms with Gasteiger partial charge in [-0.3, -0.25) is 10.3 Å². The van der Waals surface area contributed by atoms with Crippen LogP contribution in [0.4, 0.5) is 0 Å². The molecule has 0 aliphatic rings. The molecule has 1 rings (SSSR count). The van der Waals surface area contributed by atoms with Crippen molar-refractivity contribution in [3.8, 4) is 5.75 Å². The lowest BCUT2D eigenvalue weighted by Gasteiger charge is -2.09. The summed E-state index contributed by atoms with van der Waals surface area (Å²) in [6.45, 7) is 6.09. The number of nitrogens with one attached hydrogen (secondary N) is 1. The minimum absolute atomic E-state index is 0.240. The first-order chi connectivity index (χ1) is 7.92. The van der Waals surface area contributed by atoms with E-state index >= 15 is 0 Å². The molecule has 1 aromatic rings. The van der Waals surface area contributed by atoms with E-state index in [1.165, 1.54) is 0 Å². The molecule has 0 heterocycles. The zero-order valence-corrected chi connectivity index (χ0v) is 10.6. The molecular weight excluding hydrogens is 242 g/mol. The van der Waals surface area contributed by atoms with Crippen LogP contribution in [0.25, 0.3) is 5.70 Å². The minimum atomic E-state index is -3.52. The second-order valence-corrected chi connectivity index (χ2v) is 4.90. The molecule has 0 unspecified atom stereocenters. The Kier molecular flexibility index (Phi) is 4.53. The van der Waals surface area contributed by atoms with Crippen LogP contribution in [0, 0.1) is 0 Å². The van der Waals surface area contributed by atoms with Gasteiger partial charge in [-0.1, -0.05) is 18.7 Å². The third-order valence-electron chi connectivity index (χ3n) is 1.77. The highest BCUT2D eigenvalue weighted by Crippen LogP contribution is 2.18. The quantitative estimate of drug-likeness (QED) is 0.618. The third-order valence-corrected chi connectivity index (χ3v) is 2.27. The van der Waals surface area contributed by atoms with E-state index in [1.807, 2.05) is 6.92 Å². The van der Waals surface area contributed by atoms with Gasteiger partial charge in [0.05, 0.1) is 18.6 Å². The molecule has 1 N–H and O–H groups in total. The second-order valence-electron chi connectivity index (χ2n) is 3.33. The number of rotatable bonds is 6. The summed E-state index contributed by atoms with van der Waals surface area (Å²) < 4.78 is 26.7. The molecule has 0 saturated carbocycles. The van der Waals surface area contributed by atoms with Crippen molar-refractivity contribution >= 4 is 15.8 Å². The van der Waals surface area contributed by atoms with Gasteiger partial charge in [-0.2, -0.15) is 8.42 Å². The van der Waals surface area contributed by atoms with Crippen LogP contribution in [0.5, 0.6) is 5.75 Å². The molecule has 0 amide bonds. The van der Waals surface area contributed by atoms with Gasteiger partial charge in [0.25, 0.3) is 0 Å². The van der Waals surface area contributed by atoms with Crippen LogP contribution in [-0.2, 0) is 15.0 Å². The maximum Gasteiger partial charge on any atom is 0.306 e. The van der Waals surface area contributed by atoms with Crippen molar-refractivity contribution < 1.29 is 17.4 Å². The van der Waals surface area contributed by atoms with Gasteiger partial charge in [0.15, 0.2) is 0 Å². The lowest BCUT2D eigenvalue weighted by molar-refractivity contribution is 0.0901. The fourth-order valence-electron chi connectivity index (χ4n) is 1.13. The van der Waals surface area contributed by atoms with Crippen molar-refractivity contribution in [3.63, 3.8) is 0 Å². The first kappa shape index (κ1) is 13.5. The summed E-state index contributed by atoms with van der Waals surface area (Å²) in [6.07, 6.45) is 0.993. The number of hydrogen-bond acceptors (Lipinski definition) is 5. The van der Waals surface area contributed by atoms with Gasteiger partial charge >= 0.3 is 10.1 Å². The van der Waals surface area contributed by atoms with Crippen molar-refractivity contribution in [2.75, 3.05) is 12.9 Å². The highest BCUT2D eigenvalue weighted by Gasteiger charge is 2.06. The highest BCUT2D eigenvalue weighted by molar-refractivity contribution is 7.86. The van der Waals surface area contributed by atoms with E-state index < -0.39 is 10.1 Å². The molecule has 94 valence electrons. The molecule has 0 aliphatic carbocycles. The van der Waals surface area contributed by atoms with Crippen molar-refractivity contribution in [1.29, 1.82) is 0 Å². The van der Waals surface area contributed by atoms with Crippen LogP contribution < -0.4 is 9.66 Å². The molecule has 0 spiro atoms.